The number of ether oxygens (including phenoxy) is 1. The number of benzene rings is 1. The fourth-order valence-electron chi connectivity index (χ4n) is 3.08. The van der Waals surface area contributed by atoms with Crippen molar-refractivity contribution >= 4 is 40.6 Å². The SMILES string of the molecule is CC(=NNC(=O)c1c(CN2CCOCC2)nnn1-c1nonc1N)c1ccc(Cl)c(Cl)c1. The molecule has 0 saturated carbocycles. The number of hydrogen-bond acceptors (Lipinski definition) is 10. The lowest BCUT2D eigenvalue weighted by atomic mass is 10.1. The molecular formula is C18H19Cl2N9O3. The molecule has 1 aromatic carbocycles. The number of nitrogens with two attached hydrogens (primary N) is 1. The number of carbonyl (C=O) groups is 1. The van der Waals surface area contributed by atoms with Crippen molar-refractivity contribution in [3.63, 3.8) is 0 Å². The highest BCUT2D eigenvalue weighted by atomic mass is 35.5. The van der Waals surface area contributed by atoms with E-state index in [1.807, 2.05) is 0 Å². The second-order valence-corrected chi connectivity index (χ2v) is 7.74. The van der Waals surface area contributed by atoms with E-state index in [0.29, 0.717) is 59.9 Å². The van der Waals surface area contributed by atoms with Crippen molar-refractivity contribution in [1.29, 1.82) is 0 Å². The zero-order valence-electron chi connectivity index (χ0n) is 17.0. The lowest BCUT2D eigenvalue weighted by Crippen LogP contribution is -2.36. The lowest BCUT2D eigenvalue weighted by molar-refractivity contribution is 0.0335. The van der Waals surface area contributed by atoms with Gasteiger partial charge in [0.15, 0.2) is 5.69 Å². The van der Waals surface area contributed by atoms with Crippen LogP contribution in [-0.2, 0) is 11.3 Å². The van der Waals surface area contributed by atoms with Gasteiger partial charge >= 0.3 is 0 Å². The maximum atomic E-state index is 13.1. The van der Waals surface area contributed by atoms with Crippen molar-refractivity contribution in [2.45, 2.75) is 13.5 Å². The zero-order valence-corrected chi connectivity index (χ0v) is 18.5. The monoisotopic (exact) mass is 479 g/mol. The third-order valence-electron chi connectivity index (χ3n) is 4.79. The van der Waals surface area contributed by atoms with Crippen LogP contribution in [0.5, 0.6) is 0 Å². The minimum Gasteiger partial charge on any atom is -0.379 e. The van der Waals surface area contributed by atoms with Crippen LogP contribution in [0.15, 0.2) is 27.9 Å². The van der Waals surface area contributed by atoms with Crippen LogP contribution in [0, 0.1) is 0 Å². The average Bonchev–Trinajstić information content (AvgIpc) is 3.40. The topological polar surface area (TPSA) is 150 Å². The van der Waals surface area contributed by atoms with Crippen LogP contribution in [0.3, 0.4) is 0 Å². The number of nitrogen functional groups attached to an aromatic ring is 1. The van der Waals surface area contributed by atoms with Gasteiger partial charge in [0.2, 0.25) is 11.6 Å². The molecule has 0 atom stereocenters. The van der Waals surface area contributed by atoms with E-state index >= 15 is 0 Å². The molecule has 0 radical (unpaired) electrons. The summed E-state index contributed by atoms with van der Waals surface area (Å²) in [7, 11) is 0. The minimum atomic E-state index is -0.555. The predicted octanol–water partition coefficient (Wildman–Crippen LogP) is 1.53. The second-order valence-electron chi connectivity index (χ2n) is 6.93. The van der Waals surface area contributed by atoms with E-state index in [9.17, 15) is 4.79 Å². The van der Waals surface area contributed by atoms with Gasteiger partial charge in [0.1, 0.15) is 5.69 Å². The summed E-state index contributed by atoms with van der Waals surface area (Å²) in [6, 6.07) is 5.06. The number of anilines is 1. The molecule has 0 spiro atoms. The van der Waals surface area contributed by atoms with Gasteiger partial charge in [-0.1, -0.05) is 34.5 Å². The Hall–Kier alpha value is -3.06. The normalized spacial score (nSPS) is 15.2. The van der Waals surface area contributed by atoms with E-state index in [0.717, 1.165) is 0 Å². The molecule has 0 unspecified atom stereocenters. The van der Waals surface area contributed by atoms with Crippen LogP contribution in [-0.4, -0.2) is 68.1 Å². The van der Waals surface area contributed by atoms with Gasteiger partial charge in [-0.3, -0.25) is 9.69 Å². The second kappa shape index (κ2) is 9.61. The van der Waals surface area contributed by atoms with E-state index in [1.54, 1.807) is 25.1 Å². The molecular weight excluding hydrogens is 461 g/mol. The molecule has 3 N–H and O–H groups in total. The van der Waals surface area contributed by atoms with Crippen molar-refractivity contribution in [2.24, 2.45) is 5.10 Å². The minimum absolute atomic E-state index is 0.0302. The number of hydrogen-bond donors (Lipinski definition) is 2. The van der Waals surface area contributed by atoms with Gasteiger partial charge in [-0.2, -0.15) is 9.78 Å². The van der Waals surface area contributed by atoms with Crippen LogP contribution in [0.25, 0.3) is 5.82 Å². The zero-order chi connectivity index (χ0) is 22.7. The Labute approximate surface area is 192 Å². The van der Waals surface area contributed by atoms with Gasteiger partial charge < -0.3 is 10.5 Å². The van der Waals surface area contributed by atoms with Crippen LogP contribution >= 0.6 is 23.2 Å². The number of hydrazone groups is 1. The van der Waals surface area contributed by atoms with E-state index in [1.165, 1.54) is 4.68 Å². The summed E-state index contributed by atoms with van der Waals surface area (Å²) in [5, 5.41) is 20.4. The summed E-state index contributed by atoms with van der Waals surface area (Å²) < 4.78 is 11.2. The van der Waals surface area contributed by atoms with Crippen molar-refractivity contribution in [3.8, 4) is 5.82 Å². The first kappa shape index (κ1) is 22.1. The molecule has 3 heterocycles. The van der Waals surface area contributed by atoms with Crippen molar-refractivity contribution < 1.29 is 14.2 Å². The fourth-order valence-corrected chi connectivity index (χ4v) is 3.38. The van der Waals surface area contributed by atoms with E-state index < -0.39 is 5.91 Å². The highest BCUT2D eigenvalue weighted by molar-refractivity contribution is 6.42. The fraction of sp³-hybridized carbons (Fsp3) is 0.333. The third-order valence-corrected chi connectivity index (χ3v) is 5.53. The van der Waals surface area contributed by atoms with Crippen LogP contribution in [0.1, 0.15) is 28.7 Å². The number of halogens is 2. The Morgan fingerprint density at radius 1 is 1.25 bits per heavy atom. The first-order chi connectivity index (χ1) is 15.4. The van der Waals surface area contributed by atoms with Crippen molar-refractivity contribution in [2.75, 3.05) is 32.0 Å². The van der Waals surface area contributed by atoms with Crippen LogP contribution in [0.2, 0.25) is 10.0 Å². The molecule has 4 rings (SSSR count). The van der Waals surface area contributed by atoms with Gasteiger partial charge in [-0.25, -0.2) is 10.1 Å². The first-order valence-electron chi connectivity index (χ1n) is 9.57. The largest absolute Gasteiger partial charge is 0.379 e. The summed E-state index contributed by atoms with van der Waals surface area (Å²) in [5.74, 6) is -0.529. The van der Waals surface area contributed by atoms with Gasteiger partial charge in [0.05, 0.1) is 29.0 Å². The highest BCUT2D eigenvalue weighted by Crippen LogP contribution is 2.23. The quantitative estimate of drug-likeness (QED) is 0.396. The van der Waals surface area contributed by atoms with Crippen molar-refractivity contribution in [3.05, 3.63) is 45.2 Å². The lowest BCUT2D eigenvalue weighted by Gasteiger charge is -2.25. The number of nitrogens with zero attached hydrogens (tertiary/aromatic N) is 7. The van der Waals surface area contributed by atoms with Crippen molar-refractivity contribution in [1.82, 2.24) is 35.6 Å². The Bertz CT molecular complexity index is 1150. The maximum absolute atomic E-state index is 13.1. The van der Waals surface area contributed by atoms with Gasteiger partial charge in [-0.05, 0) is 34.9 Å². The molecule has 2 aromatic heterocycles. The highest BCUT2D eigenvalue weighted by Gasteiger charge is 2.26. The third kappa shape index (κ3) is 4.72. The Morgan fingerprint density at radius 2 is 2.03 bits per heavy atom. The van der Waals surface area contributed by atoms with Gasteiger partial charge in [0, 0.05) is 19.6 Å². The maximum Gasteiger partial charge on any atom is 0.292 e. The van der Waals surface area contributed by atoms with E-state index in [-0.39, 0.29) is 17.3 Å². The Kier molecular flexibility index (Phi) is 6.65. The number of amides is 1. The van der Waals surface area contributed by atoms with Crippen LogP contribution < -0.4 is 11.2 Å². The molecule has 32 heavy (non-hydrogen) atoms. The molecule has 1 aliphatic rings. The summed E-state index contributed by atoms with van der Waals surface area (Å²) in [4.78, 5) is 15.2. The summed E-state index contributed by atoms with van der Waals surface area (Å²) in [6.45, 7) is 4.72. The molecule has 1 fully saturated rings. The molecule has 0 bridgehead atoms. The Morgan fingerprint density at radius 3 is 2.72 bits per heavy atom. The summed E-state index contributed by atoms with van der Waals surface area (Å²) >= 11 is 12.0. The summed E-state index contributed by atoms with van der Waals surface area (Å²) in [6.07, 6.45) is 0. The molecule has 1 saturated heterocycles. The molecule has 3 aromatic rings. The van der Waals surface area contributed by atoms with E-state index in [4.69, 9.17) is 33.7 Å². The molecule has 168 valence electrons. The number of carbonyl (C=O) groups excluding carboxylic acids is 1. The molecule has 12 nitrogen and oxygen atoms in total. The molecule has 1 aliphatic heterocycles. The molecule has 14 heteroatoms. The molecule has 1 amide bonds. The molecule has 0 aliphatic carbocycles. The summed E-state index contributed by atoms with van der Waals surface area (Å²) in [5.41, 5.74) is 10.1. The first-order valence-corrected chi connectivity index (χ1v) is 10.3. The average molecular weight is 480 g/mol. The Balaban J connectivity index is 1.62. The predicted molar refractivity (Wildman–Crippen MR) is 116 cm³/mol. The standard InChI is InChI=1S/C18H19Cl2N9O3/c1-10(11-2-3-12(19)13(20)8-11)22-24-18(30)15-14(9-28-4-6-31-7-5-28)23-27-29(15)17-16(21)25-32-26-17/h2-3,8H,4-7,9H2,1H3,(H2,21,25)(H,24,30). The van der Waals surface area contributed by atoms with Gasteiger partial charge in [0.25, 0.3) is 5.91 Å². The number of morpholine rings is 1. The number of aromatic nitrogens is 5. The number of nitrogens with one attached hydrogen (secondary N) is 1. The van der Waals surface area contributed by atoms with Crippen LogP contribution in [0.4, 0.5) is 5.82 Å². The van der Waals surface area contributed by atoms with E-state index in [2.05, 4.69) is 40.7 Å². The smallest absolute Gasteiger partial charge is 0.292 e. The number of rotatable bonds is 6. The van der Waals surface area contributed by atoms with Gasteiger partial charge in [-0.15, -0.1) is 5.10 Å².